The van der Waals surface area contributed by atoms with Gasteiger partial charge in [0, 0.05) is 24.4 Å². The lowest BCUT2D eigenvalue weighted by Crippen LogP contribution is -2.39. The Labute approximate surface area is 128 Å². The summed E-state index contributed by atoms with van der Waals surface area (Å²) in [5.74, 6) is 0.395. The monoisotopic (exact) mass is 311 g/mol. The molecule has 0 radical (unpaired) electrons. The Morgan fingerprint density at radius 2 is 1.62 bits per heavy atom. The zero-order valence-corrected chi connectivity index (χ0v) is 14.3. The molecule has 0 saturated carbocycles. The zero-order chi connectivity index (χ0) is 16.2. The highest BCUT2D eigenvalue weighted by molar-refractivity contribution is 7.89. The van der Waals surface area contributed by atoms with Crippen molar-refractivity contribution in [3.63, 3.8) is 0 Å². The Hall–Kier alpha value is -1.36. The number of hydrogen-bond acceptors (Lipinski definition) is 3. The van der Waals surface area contributed by atoms with Crippen molar-refractivity contribution in [1.82, 2.24) is 4.90 Å². The normalized spacial score (nSPS) is 12.0. The van der Waals surface area contributed by atoms with Gasteiger partial charge in [0.05, 0.1) is 5.75 Å². The smallest absolute Gasteiger partial charge is 0.254 e. The quantitative estimate of drug-likeness (QED) is 0.811. The summed E-state index contributed by atoms with van der Waals surface area (Å²) >= 11 is 0. The van der Waals surface area contributed by atoms with Crippen molar-refractivity contribution in [3.05, 3.63) is 35.4 Å². The number of carbonyl (C=O) groups excluding carboxylic acids is 1. The van der Waals surface area contributed by atoms with Crippen LogP contribution in [0, 0.1) is 5.92 Å². The Bertz CT molecular complexity index is 574. The third kappa shape index (κ3) is 5.87. The molecule has 1 amide bonds. The molecule has 0 aliphatic heterocycles. The number of sulfone groups is 1. The standard InChI is InChI=1S/C16H25NO3S/c1-12(2)10-17(13(3)4)16(18)15-8-6-14(7-9-15)11-21(5,19)20/h6-9,12-13H,10-11H2,1-5H3. The zero-order valence-electron chi connectivity index (χ0n) is 13.5. The van der Waals surface area contributed by atoms with Crippen LogP contribution in [0.4, 0.5) is 0 Å². The third-order valence-corrected chi connectivity index (χ3v) is 3.93. The maximum atomic E-state index is 12.5. The fourth-order valence-electron chi connectivity index (χ4n) is 2.13. The van der Waals surface area contributed by atoms with E-state index < -0.39 is 9.84 Å². The molecule has 1 rings (SSSR count). The van der Waals surface area contributed by atoms with E-state index in [-0.39, 0.29) is 17.7 Å². The SMILES string of the molecule is CC(C)CN(C(=O)c1ccc(CS(C)(=O)=O)cc1)C(C)C. The lowest BCUT2D eigenvalue weighted by atomic mass is 10.1. The molecule has 118 valence electrons. The van der Waals surface area contributed by atoms with Crippen LogP contribution in [0.1, 0.15) is 43.6 Å². The highest BCUT2D eigenvalue weighted by Gasteiger charge is 2.19. The maximum Gasteiger partial charge on any atom is 0.254 e. The second kappa shape index (κ2) is 7.07. The van der Waals surface area contributed by atoms with Gasteiger partial charge in [-0.25, -0.2) is 8.42 Å². The largest absolute Gasteiger partial charge is 0.336 e. The molecule has 0 spiro atoms. The van der Waals surface area contributed by atoms with Gasteiger partial charge in [-0.3, -0.25) is 4.79 Å². The molecule has 0 N–H and O–H groups in total. The van der Waals surface area contributed by atoms with Crippen LogP contribution in [0.2, 0.25) is 0 Å². The van der Waals surface area contributed by atoms with Crippen molar-refractivity contribution in [2.24, 2.45) is 5.92 Å². The molecular formula is C16H25NO3S. The summed E-state index contributed by atoms with van der Waals surface area (Å²) in [6.07, 6.45) is 1.20. The van der Waals surface area contributed by atoms with E-state index in [9.17, 15) is 13.2 Å². The Kier molecular flexibility index (Phi) is 5.96. The van der Waals surface area contributed by atoms with Crippen LogP contribution in [-0.4, -0.2) is 38.1 Å². The summed E-state index contributed by atoms with van der Waals surface area (Å²) in [6.45, 7) is 8.87. The van der Waals surface area contributed by atoms with Gasteiger partial charge in [0.2, 0.25) is 0 Å². The molecule has 0 aromatic heterocycles. The molecule has 4 nitrogen and oxygen atoms in total. The third-order valence-electron chi connectivity index (χ3n) is 3.08. The van der Waals surface area contributed by atoms with Crippen LogP contribution in [0.15, 0.2) is 24.3 Å². The van der Waals surface area contributed by atoms with E-state index in [0.717, 1.165) is 0 Å². The van der Waals surface area contributed by atoms with Crippen LogP contribution in [0.5, 0.6) is 0 Å². The average molecular weight is 311 g/mol. The molecule has 21 heavy (non-hydrogen) atoms. The summed E-state index contributed by atoms with van der Waals surface area (Å²) in [4.78, 5) is 14.4. The van der Waals surface area contributed by atoms with Crippen molar-refractivity contribution < 1.29 is 13.2 Å². The molecule has 0 aliphatic rings. The first-order valence-corrected chi connectivity index (χ1v) is 9.24. The van der Waals surface area contributed by atoms with E-state index in [2.05, 4.69) is 13.8 Å². The predicted octanol–water partition coefficient (Wildman–Crippen LogP) is 2.74. The first-order valence-electron chi connectivity index (χ1n) is 7.17. The molecule has 0 bridgehead atoms. The topological polar surface area (TPSA) is 54.5 Å². The number of amides is 1. The molecule has 0 unspecified atom stereocenters. The van der Waals surface area contributed by atoms with E-state index in [1.54, 1.807) is 24.3 Å². The van der Waals surface area contributed by atoms with Crippen LogP contribution in [0.3, 0.4) is 0 Å². The van der Waals surface area contributed by atoms with E-state index in [4.69, 9.17) is 0 Å². The molecule has 0 heterocycles. The first-order chi connectivity index (χ1) is 9.60. The molecular weight excluding hydrogens is 286 g/mol. The summed E-state index contributed by atoms with van der Waals surface area (Å²) in [6, 6.07) is 6.97. The first kappa shape index (κ1) is 17.7. The van der Waals surface area contributed by atoms with Crippen molar-refractivity contribution >= 4 is 15.7 Å². The second-order valence-electron chi connectivity index (χ2n) is 6.21. The highest BCUT2D eigenvalue weighted by atomic mass is 32.2. The van der Waals surface area contributed by atoms with Gasteiger partial charge in [-0.2, -0.15) is 0 Å². The molecule has 0 fully saturated rings. The number of carbonyl (C=O) groups is 1. The summed E-state index contributed by atoms with van der Waals surface area (Å²) in [5, 5.41) is 0. The minimum Gasteiger partial charge on any atom is -0.336 e. The fraction of sp³-hybridized carbons (Fsp3) is 0.562. The molecule has 0 saturated heterocycles. The highest BCUT2D eigenvalue weighted by Crippen LogP contribution is 2.13. The van der Waals surface area contributed by atoms with E-state index in [1.165, 1.54) is 6.26 Å². The van der Waals surface area contributed by atoms with Crippen LogP contribution in [0.25, 0.3) is 0 Å². The van der Waals surface area contributed by atoms with Gasteiger partial charge in [0.1, 0.15) is 0 Å². The number of benzene rings is 1. The van der Waals surface area contributed by atoms with Gasteiger partial charge in [-0.15, -0.1) is 0 Å². The van der Waals surface area contributed by atoms with E-state index in [0.29, 0.717) is 23.6 Å². The predicted molar refractivity (Wildman–Crippen MR) is 86.0 cm³/mol. The maximum absolute atomic E-state index is 12.5. The molecule has 1 aromatic rings. The molecule has 0 atom stereocenters. The summed E-state index contributed by atoms with van der Waals surface area (Å²) in [7, 11) is -3.05. The van der Waals surface area contributed by atoms with Gasteiger partial charge in [0.25, 0.3) is 5.91 Å². The van der Waals surface area contributed by atoms with Crippen LogP contribution in [-0.2, 0) is 15.6 Å². The van der Waals surface area contributed by atoms with Crippen molar-refractivity contribution in [1.29, 1.82) is 0 Å². The molecule has 5 heteroatoms. The van der Waals surface area contributed by atoms with Crippen LogP contribution >= 0.6 is 0 Å². The van der Waals surface area contributed by atoms with Gasteiger partial charge >= 0.3 is 0 Å². The van der Waals surface area contributed by atoms with Crippen molar-refractivity contribution in [2.75, 3.05) is 12.8 Å². The van der Waals surface area contributed by atoms with E-state index >= 15 is 0 Å². The number of rotatable bonds is 6. The Morgan fingerprint density at radius 3 is 2.00 bits per heavy atom. The van der Waals surface area contributed by atoms with E-state index in [1.807, 2.05) is 18.7 Å². The second-order valence-corrected chi connectivity index (χ2v) is 8.35. The minimum atomic E-state index is -3.05. The average Bonchev–Trinajstić information content (AvgIpc) is 2.33. The molecule has 1 aromatic carbocycles. The summed E-state index contributed by atoms with van der Waals surface area (Å²) in [5.41, 5.74) is 1.30. The van der Waals surface area contributed by atoms with Gasteiger partial charge in [-0.1, -0.05) is 26.0 Å². The van der Waals surface area contributed by atoms with Gasteiger partial charge < -0.3 is 4.90 Å². The lowest BCUT2D eigenvalue weighted by molar-refractivity contribution is 0.0682. The Balaban J connectivity index is 2.91. The number of nitrogens with zero attached hydrogens (tertiary/aromatic N) is 1. The van der Waals surface area contributed by atoms with Gasteiger partial charge in [0.15, 0.2) is 9.84 Å². The summed E-state index contributed by atoms with van der Waals surface area (Å²) < 4.78 is 22.5. The lowest BCUT2D eigenvalue weighted by Gasteiger charge is -2.28. The Morgan fingerprint density at radius 1 is 1.10 bits per heavy atom. The minimum absolute atomic E-state index is 0.00135. The van der Waals surface area contributed by atoms with Crippen molar-refractivity contribution in [2.45, 2.75) is 39.5 Å². The van der Waals surface area contributed by atoms with Crippen LogP contribution < -0.4 is 0 Å². The van der Waals surface area contributed by atoms with Gasteiger partial charge in [-0.05, 0) is 37.5 Å². The fourth-order valence-corrected chi connectivity index (χ4v) is 2.93. The number of hydrogen-bond donors (Lipinski definition) is 0. The molecule has 0 aliphatic carbocycles. The van der Waals surface area contributed by atoms with Crippen molar-refractivity contribution in [3.8, 4) is 0 Å².